The van der Waals surface area contributed by atoms with Gasteiger partial charge in [-0.1, -0.05) is 12.1 Å². The smallest absolute Gasteiger partial charge is 0.185 e. The van der Waals surface area contributed by atoms with E-state index in [1.165, 1.54) is 0 Å². The topological polar surface area (TPSA) is 42.2 Å². The van der Waals surface area contributed by atoms with Crippen LogP contribution in [0.1, 0.15) is 5.56 Å². The summed E-state index contributed by atoms with van der Waals surface area (Å²) in [4.78, 5) is 0. The van der Waals surface area contributed by atoms with E-state index in [1.54, 1.807) is 7.11 Å². The van der Waals surface area contributed by atoms with E-state index in [-0.39, 0.29) is 6.10 Å². The van der Waals surface area contributed by atoms with Crippen LogP contribution in [0.25, 0.3) is 0 Å². The van der Waals surface area contributed by atoms with Gasteiger partial charge in [-0.05, 0) is 37.3 Å². The van der Waals surface area contributed by atoms with Gasteiger partial charge in [0.25, 0.3) is 0 Å². The van der Waals surface area contributed by atoms with Crippen LogP contribution in [0.2, 0.25) is 19.6 Å². The molecule has 0 aliphatic heterocycles. The average molecular weight is 249 g/mol. The van der Waals surface area contributed by atoms with Gasteiger partial charge >= 0.3 is 0 Å². The minimum Gasteiger partial charge on any atom is -0.497 e. The van der Waals surface area contributed by atoms with Crippen LogP contribution in [0.3, 0.4) is 0 Å². The first kappa shape index (κ1) is 13.8. The fourth-order valence-electron chi connectivity index (χ4n) is 1.52. The molecule has 0 N–H and O–H groups in total. The zero-order chi connectivity index (χ0) is 12.9. The Balaban J connectivity index is 2.65. The molecule has 92 valence electrons. The molecule has 1 aromatic carbocycles. The SMILES string of the molecule is COc1ccc(CC(C#N)O[Si](C)(C)C)cc1. The lowest BCUT2D eigenvalue weighted by molar-refractivity contribution is 0.249. The Hall–Kier alpha value is -1.31. The van der Waals surface area contributed by atoms with E-state index in [2.05, 4.69) is 25.7 Å². The van der Waals surface area contributed by atoms with Gasteiger partial charge in [0.2, 0.25) is 0 Å². The first-order valence-corrected chi connectivity index (χ1v) is 9.06. The molecule has 1 rings (SSSR count). The summed E-state index contributed by atoms with van der Waals surface area (Å²) in [5.74, 6) is 0.827. The van der Waals surface area contributed by atoms with Crippen molar-refractivity contribution in [2.24, 2.45) is 0 Å². The molecule has 0 aromatic heterocycles. The molecule has 0 saturated heterocycles. The highest BCUT2D eigenvalue weighted by Crippen LogP contribution is 2.15. The summed E-state index contributed by atoms with van der Waals surface area (Å²) >= 11 is 0. The third kappa shape index (κ3) is 5.03. The van der Waals surface area contributed by atoms with Crippen LogP contribution in [0.15, 0.2) is 24.3 Å². The van der Waals surface area contributed by atoms with Crippen LogP contribution in [-0.4, -0.2) is 21.5 Å². The quantitative estimate of drug-likeness (QED) is 0.753. The third-order valence-electron chi connectivity index (χ3n) is 2.22. The zero-order valence-electron chi connectivity index (χ0n) is 10.9. The van der Waals surface area contributed by atoms with Crippen LogP contribution in [0.5, 0.6) is 5.75 Å². The minimum atomic E-state index is -1.66. The molecule has 0 spiro atoms. The van der Waals surface area contributed by atoms with Crippen LogP contribution >= 0.6 is 0 Å². The molecule has 0 fully saturated rings. The highest BCUT2D eigenvalue weighted by atomic mass is 28.4. The van der Waals surface area contributed by atoms with Gasteiger partial charge in [0.1, 0.15) is 11.9 Å². The second-order valence-corrected chi connectivity index (χ2v) is 9.36. The molecular weight excluding hydrogens is 230 g/mol. The number of rotatable bonds is 5. The number of methoxy groups -OCH3 is 1. The van der Waals surface area contributed by atoms with E-state index in [4.69, 9.17) is 14.4 Å². The van der Waals surface area contributed by atoms with Crippen LogP contribution in [0.4, 0.5) is 0 Å². The first-order chi connectivity index (χ1) is 7.94. The number of hydrogen-bond donors (Lipinski definition) is 0. The van der Waals surface area contributed by atoms with E-state index >= 15 is 0 Å². The van der Waals surface area contributed by atoms with Gasteiger partial charge in [0, 0.05) is 6.42 Å². The Labute approximate surface area is 104 Å². The Morgan fingerprint density at radius 3 is 2.24 bits per heavy atom. The molecule has 0 aliphatic rings. The van der Waals surface area contributed by atoms with Crippen molar-refractivity contribution in [2.45, 2.75) is 32.2 Å². The molecule has 4 heteroatoms. The van der Waals surface area contributed by atoms with Gasteiger partial charge in [0.05, 0.1) is 13.2 Å². The summed E-state index contributed by atoms with van der Waals surface area (Å²) in [5.41, 5.74) is 1.09. The van der Waals surface area contributed by atoms with Gasteiger partial charge in [-0.2, -0.15) is 5.26 Å². The third-order valence-corrected chi connectivity index (χ3v) is 3.21. The second-order valence-electron chi connectivity index (χ2n) is 4.90. The lowest BCUT2D eigenvalue weighted by Gasteiger charge is -2.21. The molecule has 1 aromatic rings. The van der Waals surface area contributed by atoms with Crippen molar-refractivity contribution in [1.29, 1.82) is 5.26 Å². The number of benzene rings is 1. The zero-order valence-corrected chi connectivity index (χ0v) is 11.9. The highest BCUT2D eigenvalue weighted by Gasteiger charge is 2.20. The van der Waals surface area contributed by atoms with Gasteiger partial charge in [-0.3, -0.25) is 0 Å². The molecule has 1 atom stereocenters. The lowest BCUT2D eigenvalue weighted by atomic mass is 10.1. The molecule has 3 nitrogen and oxygen atoms in total. The summed E-state index contributed by atoms with van der Waals surface area (Å²) in [6.45, 7) is 6.27. The second kappa shape index (κ2) is 5.85. The first-order valence-electron chi connectivity index (χ1n) is 5.65. The van der Waals surface area contributed by atoms with Crippen LogP contribution in [0, 0.1) is 11.3 Å². The Morgan fingerprint density at radius 1 is 1.24 bits per heavy atom. The fraction of sp³-hybridized carbons (Fsp3) is 0.462. The number of ether oxygens (including phenoxy) is 1. The molecule has 0 amide bonds. The normalized spacial score (nSPS) is 12.9. The molecular formula is C13H19NO2Si. The Bertz CT molecular complexity index is 389. The summed E-state index contributed by atoms with van der Waals surface area (Å²) in [7, 11) is -0.0198. The molecule has 0 heterocycles. The summed E-state index contributed by atoms with van der Waals surface area (Å²) < 4.78 is 10.9. The van der Waals surface area contributed by atoms with Crippen LogP contribution < -0.4 is 4.74 Å². The van der Waals surface area contributed by atoms with Crippen molar-refractivity contribution in [3.8, 4) is 11.8 Å². The van der Waals surface area contributed by atoms with E-state index in [0.717, 1.165) is 11.3 Å². The van der Waals surface area contributed by atoms with Gasteiger partial charge in [-0.15, -0.1) is 0 Å². The molecule has 0 radical (unpaired) electrons. The largest absolute Gasteiger partial charge is 0.497 e. The molecule has 1 unspecified atom stereocenters. The van der Waals surface area contributed by atoms with Crippen LogP contribution in [-0.2, 0) is 10.8 Å². The highest BCUT2D eigenvalue weighted by molar-refractivity contribution is 6.69. The monoisotopic (exact) mass is 249 g/mol. The summed E-state index contributed by atoms with van der Waals surface area (Å²) in [6, 6.07) is 9.96. The standard InChI is InChI=1S/C13H19NO2Si/c1-15-12-7-5-11(6-8-12)9-13(10-14)16-17(2,3)4/h5-8,13H,9H2,1-4H3. The van der Waals surface area contributed by atoms with Gasteiger partial charge in [-0.25, -0.2) is 0 Å². The Kier molecular flexibility index (Phi) is 4.73. The lowest BCUT2D eigenvalue weighted by Crippen LogP contribution is -2.32. The number of nitrogens with zero attached hydrogens (tertiary/aromatic N) is 1. The van der Waals surface area contributed by atoms with Crippen molar-refractivity contribution in [3.63, 3.8) is 0 Å². The van der Waals surface area contributed by atoms with Crippen molar-refractivity contribution in [2.75, 3.05) is 7.11 Å². The predicted molar refractivity (Wildman–Crippen MR) is 70.5 cm³/mol. The van der Waals surface area contributed by atoms with Crippen molar-refractivity contribution in [1.82, 2.24) is 0 Å². The minimum absolute atomic E-state index is 0.352. The van der Waals surface area contributed by atoms with E-state index in [0.29, 0.717) is 6.42 Å². The maximum atomic E-state index is 9.07. The number of nitriles is 1. The van der Waals surface area contributed by atoms with Gasteiger partial charge in [0.15, 0.2) is 8.32 Å². The number of hydrogen-bond acceptors (Lipinski definition) is 3. The molecule has 0 saturated carbocycles. The maximum absolute atomic E-state index is 9.07. The molecule has 0 bridgehead atoms. The van der Waals surface area contributed by atoms with E-state index < -0.39 is 8.32 Å². The van der Waals surface area contributed by atoms with E-state index in [9.17, 15) is 0 Å². The van der Waals surface area contributed by atoms with Gasteiger partial charge < -0.3 is 9.16 Å². The summed E-state index contributed by atoms with van der Waals surface area (Å²) in [6.07, 6.45) is 0.278. The molecule has 17 heavy (non-hydrogen) atoms. The molecule has 0 aliphatic carbocycles. The maximum Gasteiger partial charge on any atom is 0.185 e. The predicted octanol–water partition coefficient (Wildman–Crippen LogP) is 2.98. The fourth-order valence-corrected chi connectivity index (χ4v) is 2.51. The average Bonchev–Trinajstić information content (AvgIpc) is 2.27. The van der Waals surface area contributed by atoms with Crippen molar-refractivity contribution in [3.05, 3.63) is 29.8 Å². The van der Waals surface area contributed by atoms with Crippen molar-refractivity contribution >= 4 is 8.32 Å². The van der Waals surface area contributed by atoms with E-state index in [1.807, 2.05) is 24.3 Å². The van der Waals surface area contributed by atoms with Crippen molar-refractivity contribution < 1.29 is 9.16 Å². The Morgan fingerprint density at radius 2 is 1.82 bits per heavy atom. The summed E-state index contributed by atoms with van der Waals surface area (Å²) in [5, 5.41) is 9.07.